The molecule has 0 bridgehead atoms. The first-order valence-electron chi connectivity index (χ1n) is 3.85. The van der Waals surface area contributed by atoms with Gasteiger partial charge in [0, 0.05) is 19.2 Å². The molecule has 0 aromatic carbocycles. The van der Waals surface area contributed by atoms with Crippen molar-refractivity contribution in [1.29, 1.82) is 0 Å². The fraction of sp³-hybridized carbons (Fsp3) is 0.429. The number of rotatable bonds is 0. The van der Waals surface area contributed by atoms with Gasteiger partial charge in [0.2, 0.25) is 0 Å². The van der Waals surface area contributed by atoms with Crippen LogP contribution >= 0.6 is 0 Å². The number of aromatic amines is 1. The quantitative estimate of drug-likeness (QED) is 0.539. The van der Waals surface area contributed by atoms with Crippen LogP contribution in [0.5, 0.6) is 0 Å². The van der Waals surface area contributed by atoms with Gasteiger partial charge in [-0.15, -0.1) is 0 Å². The van der Waals surface area contributed by atoms with Gasteiger partial charge in [0.25, 0.3) is 5.56 Å². The molecule has 0 saturated heterocycles. The zero-order valence-electron chi connectivity index (χ0n) is 6.46. The molecular formula is C7H9N3O2. The summed E-state index contributed by atoms with van der Waals surface area (Å²) in [5.74, 6) is 0.620. The van der Waals surface area contributed by atoms with Crippen molar-refractivity contribution in [2.75, 3.05) is 11.9 Å². The highest BCUT2D eigenvalue weighted by Gasteiger charge is 2.08. The number of H-pyrrole nitrogens is 1. The van der Waals surface area contributed by atoms with E-state index in [0.29, 0.717) is 12.4 Å². The largest absolute Gasteiger partial charge is 0.371 e. The minimum Gasteiger partial charge on any atom is -0.371 e. The molecule has 0 spiro atoms. The Morgan fingerprint density at radius 1 is 1.42 bits per heavy atom. The van der Waals surface area contributed by atoms with Gasteiger partial charge >= 0.3 is 5.69 Å². The monoisotopic (exact) mass is 167 g/mol. The molecule has 1 aromatic heterocycles. The average molecular weight is 167 g/mol. The van der Waals surface area contributed by atoms with E-state index in [4.69, 9.17) is 0 Å². The summed E-state index contributed by atoms with van der Waals surface area (Å²) in [5, 5.41) is 2.99. The van der Waals surface area contributed by atoms with Crippen molar-refractivity contribution >= 4 is 5.82 Å². The molecule has 2 rings (SSSR count). The van der Waals surface area contributed by atoms with Gasteiger partial charge in [-0.2, -0.15) is 0 Å². The number of aromatic nitrogens is 2. The minimum atomic E-state index is -0.347. The molecule has 5 nitrogen and oxygen atoms in total. The molecule has 2 heterocycles. The van der Waals surface area contributed by atoms with Crippen LogP contribution in [0.25, 0.3) is 0 Å². The fourth-order valence-electron chi connectivity index (χ4n) is 1.34. The number of fused-ring (bicyclic) bond motifs is 1. The van der Waals surface area contributed by atoms with Gasteiger partial charge in [-0.05, 0) is 6.42 Å². The van der Waals surface area contributed by atoms with Gasteiger partial charge in [-0.25, -0.2) is 4.79 Å². The van der Waals surface area contributed by atoms with Crippen LogP contribution in [-0.2, 0) is 6.54 Å². The van der Waals surface area contributed by atoms with E-state index < -0.39 is 0 Å². The van der Waals surface area contributed by atoms with Crippen molar-refractivity contribution in [2.45, 2.75) is 13.0 Å². The second-order valence-corrected chi connectivity index (χ2v) is 2.76. The van der Waals surface area contributed by atoms with Crippen LogP contribution in [0.2, 0.25) is 0 Å². The molecule has 1 aliphatic rings. The molecule has 0 unspecified atom stereocenters. The average Bonchev–Trinajstić information content (AvgIpc) is 2.04. The first kappa shape index (κ1) is 7.15. The molecular weight excluding hydrogens is 158 g/mol. The minimum absolute atomic E-state index is 0.329. The lowest BCUT2D eigenvalue weighted by Gasteiger charge is -2.18. The highest BCUT2D eigenvalue weighted by molar-refractivity contribution is 5.34. The fourth-order valence-corrected chi connectivity index (χ4v) is 1.34. The summed E-state index contributed by atoms with van der Waals surface area (Å²) in [6.45, 7) is 1.50. The zero-order chi connectivity index (χ0) is 8.55. The van der Waals surface area contributed by atoms with Crippen LogP contribution in [-0.4, -0.2) is 16.1 Å². The van der Waals surface area contributed by atoms with Crippen LogP contribution < -0.4 is 16.6 Å². The van der Waals surface area contributed by atoms with Crippen LogP contribution in [0.3, 0.4) is 0 Å². The molecule has 0 atom stereocenters. The molecule has 64 valence electrons. The number of hydrogen-bond acceptors (Lipinski definition) is 3. The van der Waals surface area contributed by atoms with E-state index in [1.807, 2.05) is 0 Å². The van der Waals surface area contributed by atoms with E-state index in [0.717, 1.165) is 13.0 Å². The summed E-state index contributed by atoms with van der Waals surface area (Å²) in [6, 6.07) is 1.40. The Labute approximate surface area is 68.0 Å². The van der Waals surface area contributed by atoms with Crippen molar-refractivity contribution in [3.05, 3.63) is 26.9 Å². The van der Waals surface area contributed by atoms with Crippen LogP contribution in [0.1, 0.15) is 6.42 Å². The van der Waals surface area contributed by atoms with Crippen molar-refractivity contribution in [2.24, 2.45) is 0 Å². The van der Waals surface area contributed by atoms with Gasteiger partial charge in [-0.3, -0.25) is 14.3 Å². The van der Waals surface area contributed by atoms with E-state index >= 15 is 0 Å². The molecule has 2 N–H and O–H groups in total. The molecule has 0 fully saturated rings. The standard InChI is InChI=1S/C7H9N3O2/c11-6-4-5-8-2-1-3-10(5)7(12)9-6/h4,8H,1-3H2,(H,9,11,12). The number of nitrogens with zero attached hydrogens (tertiary/aromatic N) is 1. The Hall–Kier alpha value is -1.52. The summed E-state index contributed by atoms with van der Waals surface area (Å²) in [4.78, 5) is 24.2. The lowest BCUT2D eigenvalue weighted by atomic mass is 10.3. The molecule has 0 aliphatic carbocycles. The normalized spacial score (nSPS) is 15.0. The van der Waals surface area contributed by atoms with Gasteiger partial charge < -0.3 is 5.32 Å². The Morgan fingerprint density at radius 2 is 2.25 bits per heavy atom. The van der Waals surface area contributed by atoms with Crippen molar-refractivity contribution < 1.29 is 0 Å². The Morgan fingerprint density at radius 3 is 3.08 bits per heavy atom. The topological polar surface area (TPSA) is 66.9 Å². The number of nitrogens with one attached hydrogen (secondary N) is 2. The van der Waals surface area contributed by atoms with Crippen molar-refractivity contribution in [1.82, 2.24) is 9.55 Å². The maximum absolute atomic E-state index is 11.2. The molecule has 5 heteroatoms. The third kappa shape index (κ3) is 1.03. The summed E-state index contributed by atoms with van der Waals surface area (Å²) >= 11 is 0. The lowest BCUT2D eigenvalue weighted by molar-refractivity contribution is 0.591. The van der Waals surface area contributed by atoms with Gasteiger partial charge in [0.05, 0.1) is 0 Å². The number of anilines is 1. The summed E-state index contributed by atoms with van der Waals surface area (Å²) < 4.78 is 1.53. The third-order valence-electron chi connectivity index (χ3n) is 1.90. The molecule has 0 amide bonds. The predicted octanol–water partition coefficient (Wildman–Crippen LogP) is -0.648. The molecule has 0 saturated carbocycles. The smallest absolute Gasteiger partial charge is 0.329 e. The molecule has 1 aliphatic heterocycles. The molecule has 0 radical (unpaired) electrons. The molecule has 12 heavy (non-hydrogen) atoms. The van der Waals surface area contributed by atoms with Crippen molar-refractivity contribution in [3.63, 3.8) is 0 Å². The maximum Gasteiger partial charge on any atom is 0.329 e. The SMILES string of the molecule is O=c1cc2n(c(=O)[nH]1)CCCN2. The summed E-state index contributed by atoms with van der Waals surface area (Å²) in [5.41, 5.74) is -0.676. The highest BCUT2D eigenvalue weighted by Crippen LogP contribution is 2.06. The Kier molecular flexibility index (Phi) is 1.49. The first-order chi connectivity index (χ1) is 5.77. The van der Waals surface area contributed by atoms with E-state index in [1.165, 1.54) is 10.6 Å². The summed E-state index contributed by atoms with van der Waals surface area (Å²) in [6.07, 6.45) is 0.916. The predicted molar refractivity (Wildman–Crippen MR) is 44.4 cm³/mol. The Balaban J connectivity index is 2.68. The van der Waals surface area contributed by atoms with E-state index in [1.54, 1.807) is 0 Å². The second kappa shape index (κ2) is 2.51. The van der Waals surface area contributed by atoms with Crippen LogP contribution in [0, 0.1) is 0 Å². The lowest BCUT2D eigenvalue weighted by Crippen LogP contribution is -2.34. The third-order valence-corrected chi connectivity index (χ3v) is 1.90. The first-order valence-corrected chi connectivity index (χ1v) is 3.85. The highest BCUT2D eigenvalue weighted by atomic mass is 16.2. The zero-order valence-corrected chi connectivity index (χ0v) is 6.46. The molecule has 1 aromatic rings. The van der Waals surface area contributed by atoms with Gasteiger partial charge in [-0.1, -0.05) is 0 Å². The van der Waals surface area contributed by atoms with Gasteiger partial charge in [0.1, 0.15) is 5.82 Å². The van der Waals surface area contributed by atoms with E-state index in [-0.39, 0.29) is 11.2 Å². The van der Waals surface area contributed by atoms with E-state index in [9.17, 15) is 9.59 Å². The summed E-state index contributed by atoms with van der Waals surface area (Å²) in [7, 11) is 0. The van der Waals surface area contributed by atoms with Crippen LogP contribution in [0.15, 0.2) is 15.7 Å². The van der Waals surface area contributed by atoms with Crippen molar-refractivity contribution in [3.8, 4) is 0 Å². The van der Waals surface area contributed by atoms with Crippen LogP contribution in [0.4, 0.5) is 5.82 Å². The number of hydrogen-bond donors (Lipinski definition) is 2. The maximum atomic E-state index is 11.2. The Bertz CT molecular complexity index is 404. The van der Waals surface area contributed by atoms with Gasteiger partial charge in [0.15, 0.2) is 0 Å². The second-order valence-electron chi connectivity index (χ2n) is 2.76. The van der Waals surface area contributed by atoms with E-state index in [2.05, 4.69) is 10.3 Å².